The smallest absolute Gasteiger partial charge is 0.325 e. The Morgan fingerprint density at radius 1 is 1.15 bits per heavy atom. The Labute approximate surface area is 120 Å². The maximum absolute atomic E-state index is 11.9. The van der Waals surface area contributed by atoms with Crippen molar-refractivity contribution in [2.45, 2.75) is 6.92 Å². The molecule has 0 atom stereocenters. The summed E-state index contributed by atoms with van der Waals surface area (Å²) in [5.41, 5.74) is 1.44. The zero-order valence-electron chi connectivity index (χ0n) is 11.4. The van der Waals surface area contributed by atoms with Gasteiger partial charge in [-0.2, -0.15) is 0 Å². The van der Waals surface area contributed by atoms with E-state index in [0.717, 1.165) is 5.69 Å². The maximum atomic E-state index is 11.9. The lowest BCUT2D eigenvalue weighted by Gasteiger charge is -2.09. The number of nitrogens with zero attached hydrogens (tertiary/aromatic N) is 1. The number of rotatable bonds is 4. The molecule has 1 aromatic carbocycles. The SMILES string of the molecule is COc1cc(NC(=O)Nc2nc(C)cs2)cc(OC)c1. The summed E-state index contributed by atoms with van der Waals surface area (Å²) >= 11 is 1.37. The molecule has 0 spiro atoms. The molecule has 2 N–H and O–H groups in total. The lowest BCUT2D eigenvalue weighted by Crippen LogP contribution is -2.19. The average molecular weight is 293 g/mol. The van der Waals surface area contributed by atoms with Gasteiger partial charge in [0, 0.05) is 29.3 Å². The molecule has 0 radical (unpaired) electrons. The molecule has 6 nitrogen and oxygen atoms in total. The van der Waals surface area contributed by atoms with E-state index >= 15 is 0 Å². The monoisotopic (exact) mass is 293 g/mol. The lowest BCUT2D eigenvalue weighted by atomic mass is 10.3. The highest BCUT2D eigenvalue weighted by Gasteiger charge is 2.08. The molecule has 2 amide bonds. The van der Waals surface area contributed by atoms with Crippen LogP contribution in [0.5, 0.6) is 11.5 Å². The molecule has 0 saturated heterocycles. The summed E-state index contributed by atoms with van der Waals surface area (Å²) in [5, 5.41) is 7.78. The Kier molecular flexibility index (Phi) is 4.41. The average Bonchev–Trinajstić information content (AvgIpc) is 2.83. The molecule has 20 heavy (non-hydrogen) atoms. The van der Waals surface area contributed by atoms with E-state index in [1.54, 1.807) is 32.4 Å². The van der Waals surface area contributed by atoms with E-state index in [0.29, 0.717) is 22.3 Å². The largest absolute Gasteiger partial charge is 0.497 e. The first kappa shape index (κ1) is 14.1. The van der Waals surface area contributed by atoms with Gasteiger partial charge in [-0.15, -0.1) is 11.3 Å². The van der Waals surface area contributed by atoms with Crippen molar-refractivity contribution in [1.29, 1.82) is 0 Å². The van der Waals surface area contributed by atoms with E-state index in [1.807, 2.05) is 12.3 Å². The molecule has 0 unspecified atom stereocenters. The van der Waals surface area contributed by atoms with Gasteiger partial charge >= 0.3 is 6.03 Å². The van der Waals surface area contributed by atoms with Crippen LogP contribution in [0.4, 0.5) is 15.6 Å². The van der Waals surface area contributed by atoms with Crippen LogP contribution in [0.3, 0.4) is 0 Å². The second-order valence-corrected chi connectivity index (χ2v) is 4.83. The first-order valence-corrected chi connectivity index (χ1v) is 6.72. The first-order valence-electron chi connectivity index (χ1n) is 5.84. The van der Waals surface area contributed by atoms with Crippen molar-refractivity contribution in [3.8, 4) is 11.5 Å². The lowest BCUT2D eigenvalue weighted by molar-refractivity contribution is 0.262. The summed E-state index contributed by atoms with van der Waals surface area (Å²) in [4.78, 5) is 16.0. The van der Waals surface area contributed by atoms with Gasteiger partial charge in [0.1, 0.15) is 11.5 Å². The molecular weight excluding hydrogens is 278 g/mol. The number of hydrogen-bond donors (Lipinski definition) is 2. The van der Waals surface area contributed by atoms with Gasteiger partial charge in [-0.25, -0.2) is 9.78 Å². The Balaban J connectivity index is 2.07. The number of urea groups is 1. The van der Waals surface area contributed by atoms with Crippen molar-refractivity contribution in [3.05, 3.63) is 29.3 Å². The fraction of sp³-hybridized carbons (Fsp3) is 0.231. The highest BCUT2D eigenvalue weighted by Crippen LogP contribution is 2.26. The van der Waals surface area contributed by atoms with Crippen molar-refractivity contribution >= 4 is 28.2 Å². The predicted molar refractivity (Wildman–Crippen MR) is 79.0 cm³/mol. The Morgan fingerprint density at radius 2 is 1.80 bits per heavy atom. The molecule has 0 fully saturated rings. The number of anilines is 2. The number of carbonyl (C=O) groups excluding carboxylic acids is 1. The minimum Gasteiger partial charge on any atom is -0.497 e. The molecule has 0 saturated carbocycles. The predicted octanol–water partition coefficient (Wildman–Crippen LogP) is 3.11. The van der Waals surface area contributed by atoms with Crippen LogP contribution < -0.4 is 20.1 Å². The Morgan fingerprint density at radius 3 is 2.30 bits per heavy atom. The van der Waals surface area contributed by atoms with Gasteiger partial charge in [0.15, 0.2) is 5.13 Å². The second-order valence-electron chi connectivity index (χ2n) is 3.97. The highest BCUT2D eigenvalue weighted by atomic mass is 32.1. The number of methoxy groups -OCH3 is 2. The van der Waals surface area contributed by atoms with Gasteiger partial charge in [-0.05, 0) is 6.92 Å². The highest BCUT2D eigenvalue weighted by molar-refractivity contribution is 7.13. The summed E-state index contributed by atoms with van der Waals surface area (Å²) in [5.74, 6) is 1.20. The van der Waals surface area contributed by atoms with E-state index in [-0.39, 0.29) is 6.03 Å². The van der Waals surface area contributed by atoms with E-state index in [1.165, 1.54) is 11.3 Å². The molecule has 7 heteroatoms. The molecule has 0 bridgehead atoms. The number of thiazole rings is 1. The number of amides is 2. The zero-order valence-corrected chi connectivity index (χ0v) is 12.2. The first-order chi connectivity index (χ1) is 9.60. The van der Waals surface area contributed by atoms with Gasteiger partial charge in [-0.1, -0.05) is 0 Å². The minimum atomic E-state index is -0.366. The summed E-state index contributed by atoms with van der Waals surface area (Å²) in [6.07, 6.45) is 0. The van der Waals surface area contributed by atoms with Crippen LogP contribution in [0.15, 0.2) is 23.6 Å². The Hall–Kier alpha value is -2.28. The maximum Gasteiger partial charge on any atom is 0.325 e. The number of nitrogens with one attached hydrogen (secondary N) is 2. The topological polar surface area (TPSA) is 72.5 Å². The molecule has 2 aromatic rings. The number of carbonyl (C=O) groups is 1. The third kappa shape index (κ3) is 3.61. The van der Waals surface area contributed by atoms with Gasteiger partial charge in [0.05, 0.1) is 19.9 Å². The minimum absolute atomic E-state index is 0.366. The fourth-order valence-electron chi connectivity index (χ4n) is 1.55. The Bertz CT molecular complexity index is 590. The van der Waals surface area contributed by atoms with Crippen molar-refractivity contribution in [2.75, 3.05) is 24.9 Å². The van der Waals surface area contributed by atoms with Crippen molar-refractivity contribution in [3.63, 3.8) is 0 Å². The summed E-state index contributed by atoms with van der Waals surface area (Å²) < 4.78 is 10.3. The van der Waals surface area contributed by atoms with Crippen LogP contribution in [-0.4, -0.2) is 25.2 Å². The number of aromatic nitrogens is 1. The molecule has 2 rings (SSSR count). The molecular formula is C13H15N3O3S. The van der Waals surface area contributed by atoms with Gasteiger partial charge in [0.25, 0.3) is 0 Å². The number of benzene rings is 1. The fourth-order valence-corrected chi connectivity index (χ4v) is 2.23. The summed E-state index contributed by atoms with van der Waals surface area (Å²) in [6.45, 7) is 1.87. The van der Waals surface area contributed by atoms with Crippen LogP contribution in [0.1, 0.15) is 5.69 Å². The van der Waals surface area contributed by atoms with E-state index < -0.39 is 0 Å². The van der Waals surface area contributed by atoms with Crippen LogP contribution in [-0.2, 0) is 0 Å². The molecule has 1 heterocycles. The van der Waals surface area contributed by atoms with Crippen LogP contribution in [0.25, 0.3) is 0 Å². The van der Waals surface area contributed by atoms with Crippen molar-refractivity contribution in [2.24, 2.45) is 0 Å². The second kappa shape index (κ2) is 6.25. The molecule has 106 valence electrons. The third-order valence-corrected chi connectivity index (χ3v) is 3.32. The van der Waals surface area contributed by atoms with Crippen molar-refractivity contribution < 1.29 is 14.3 Å². The van der Waals surface area contributed by atoms with Gasteiger partial charge < -0.3 is 14.8 Å². The zero-order chi connectivity index (χ0) is 14.5. The summed E-state index contributed by atoms with van der Waals surface area (Å²) in [6, 6.07) is 4.77. The number of hydrogen-bond acceptors (Lipinski definition) is 5. The van der Waals surface area contributed by atoms with E-state index in [9.17, 15) is 4.79 Å². The van der Waals surface area contributed by atoms with E-state index in [4.69, 9.17) is 9.47 Å². The number of aryl methyl sites for hydroxylation is 1. The third-order valence-electron chi connectivity index (χ3n) is 2.45. The van der Waals surface area contributed by atoms with Gasteiger partial charge in [-0.3, -0.25) is 5.32 Å². The standard InChI is InChI=1S/C13H15N3O3S/c1-8-7-20-13(14-8)16-12(17)15-9-4-10(18-2)6-11(5-9)19-3/h4-7H,1-3H3,(H2,14,15,16,17). The normalized spacial score (nSPS) is 9.95. The van der Waals surface area contributed by atoms with Crippen LogP contribution in [0.2, 0.25) is 0 Å². The van der Waals surface area contributed by atoms with Crippen molar-refractivity contribution in [1.82, 2.24) is 4.98 Å². The molecule has 1 aromatic heterocycles. The molecule has 0 aliphatic carbocycles. The van der Waals surface area contributed by atoms with Crippen LogP contribution >= 0.6 is 11.3 Å². The summed E-state index contributed by atoms with van der Waals surface area (Å²) in [7, 11) is 3.11. The quantitative estimate of drug-likeness (QED) is 0.908. The van der Waals surface area contributed by atoms with Gasteiger partial charge in [0.2, 0.25) is 0 Å². The molecule has 0 aliphatic rings. The van der Waals surface area contributed by atoms with Crippen LogP contribution in [0, 0.1) is 6.92 Å². The number of ether oxygens (including phenoxy) is 2. The van der Waals surface area contributed by atoms with E-state index in [2.05, 4.69) is 15.6 Å². The molecule has 0 aliphatic heterocycles.